The second-order valence-corrected chi connectivity index (χ2v) is 3.49. The van der Waals surface area contributed by atoms with Gasteiger partial charge in [-0.05, 0) is 13.8 Å². The normalized spacial score (nSPS) is 11.9. The van der Waals surface area contributed by atoms with Crippen molar-refractivity contribution in [2.75, 3.05) is 14.1 Å². The Labute approximate surface area is 89.8 Å². The summed E-state index contributed by atoms with van der Waals surface area (Å²) in [5.41, 5.74) is 7.46. The van der Waals surface area contributed by atoms with Crippen LogP contribution in [0.4, 0.5) is 0 Å². The van der Waals surface area contributed by atoms with Gasteiger partial charge in [0.1, 0.15) is 5.69 Å². The molecule has 0 aliphatic rings. The molecule has 0 saturated carbocycles. The monoisotopic (exact) mass is 210 g/mol. The van der Waals surface area contributed by atoms with Gasteiger partial charge in [-0.25, -0.2) is 4.99 Å². The molecule has 0 fully saturated rings. The Morgan fingerprint density at radius 1 is 1.47 bits per heavy atom. The maximum Gasteiger partial charge on any atom is 0.191 e. The van der Waals surface area contributed by atoms with E-state index in [1.807, 2.05) is 27.9 Å². The quantitative estimate of drug-likeness (QED) is 0.562. The minimum atomic E-state index is 0.482. The Balaban J connectivity index is 2.72. The second-order valence-electron chi connectivity index (χ2n) is 3.49. The Kier molecular flexibility index (Phi) is 3.65. The van der Waals surface area contributed by atoms with Gasteiger partial charge in [-0.1, -0.05) is 0 Å². The molecule has 0 saturated heterocycles. The fourth-order valence-electron chi connectivity index (χ4n) is 1.05. The molecule has 1 aromatic heterocycles. The molecule has 0 unspecified atom stereocenters. The van der Waals surface area contributed by atoms with Gasteiger partial charge >= 0.3 is 0 Å². The standard InChI is InChI=1S/C9H18N6/c1-5-15-12-7(2)8(13-15)6-11-9(10)14(3)4/h5-6H2,1-4H3,(H2,10,11). The highest BCUT2D eigenvalue weighted by Gasteiger charge is 2.05. The molecule has 1 heterocycles. The zero-order chi connectivity index (χ0) is 11.4. The van der Waals surface area contributed by atoms with E-state index in [0.29, 0.717) is 12.5 Å². The first kappa shape index (κ1) is 11.5. The van der Waals surface area contributed by atoms with Crippen molar-refractivity contribution >= 4 is 5.96 Å². The summed E-state index contributed by atoms with van der Waals surface area (Å²) in [5, 5.41) is 8.52. The zero-order valence-corrected chi connectivity index (χ0v) is 9.73. The molecule has 6 heteroatoms. The lowest BCUT2D eigenvalue weighted by atomic mass is 10.3. The van der Waals surface area contributed by atoms with Crippen LogP contribution in [0.1, 0.15) is 18.3 Å². The third kappa shape index (κ3) is 2.93. The number of hydrogen-bond acceptors (Lipinski definition) is 3. The molecule has 0 amide bonds. The predicted octanol–water partition coefficient (Wildman–Crippen LogP) is -0.0173. The molecule has 0 aliphatic carbocycles. The van der Waals surface area contributed by atoms with Gasteiger partial charge in [0.2, 0.25) is 0 Å². The van der Waals surface area contributed by atoms with E-state index < -0.39 is 0 Å². The molecule has 0 radical (unpaired) electrons. The van der Waals surface area contributed by atoms with Gasteiger partial charge in [0.15, 0.2) is 5.96 Å². The number of nitrogens with two attached hydrogens (primary N) is 1. The van der Waals surface area contributed by atoms with Crippen LogP contribution in [-0.4, -0.2) is 39.9 Å². The Morgan fingerprint density at radius 3 is 2.60 bits per heavy atom. The Hall–Kier alpha value is -1.59. The lowest BCUT2D eigenvalue weighted by molar-refractivity contribution is 0.561. The highest BCUT2D eigenvalue weighted by molar-refractivity contribution is 5.77. The van der Waals surface area contributed by atoms with Crippen LogP contribution in [0.25, 0.3) is 0 Å². The molecule has 84 valence electrons. The summed E-state index contributed by atoms with van der Waals surface area (Å²) in [7, 11) is 3.71. The summed E-state index contributed by atoms with van der Waals surface area (Å²) >= 11 is 0. The summed E-state index contributed by atoms with van der Waals surface area (Å²) in [6.45, 7) is 5.18. The maximum absolute atomic E-state index is 5.67. The van der Waals surface area contributed by atoms with Gasteiger partial charge in [-0.15, -0.1) is 0 Å². The predicted molar refractivity (Wildman–Crippen MR) is 59.4 cm³/mol. The van der Waals surface area contributed by atoms with Crippen molar-refractivity contribution in [3.63, 3.8) is 0 Å². The molecule has 1 aromatic rings. The Bertz CT molecular complexity index is 351. The number of guanidine groups is 1. The largest absolute Gasteiger partial charge is 0.370 e. The van der Waals surface area contributed by atoms with Crippen molar-refractivity contribution < 1.29 is 0 Å². The minimum Gasteiger partial charge on any atom is -0.370 e. The zero-order valence-electron chi connectivity index (χ0n) is 9.73. The first-order valence-electron chi connectivity index (χ1n) is 4.92. The van der Waals surface area contributed by atoms with E-state index >= 15 is 0 Å². The fraction of sp³-hybridized carbons (Fsp3) is 0.667. The van der Waals surface area contributed by atoms with Crippen LogP contribution < -0.4 is 5.73 Å². The summed E-state index contributed by atoms with van der Waals surface area (Å²) in [6.07, 6.45) is 0. The van der Waals surface area contributed by atoms with Crippen molar-refractivity contribution in [1.82, 2.24) is 19.9 Å². The van der Waals surface area contributed by atoms with Crippen molar-refractivity contribution in [3.05, 3.63) is 11.4 Å². The van der Waals surface area contributed by atoms with Crippen LogP contribution in [-0.2, 0) is 13.1 Å². The molecule has 15 heavy (non-hydrogen) atoms. The highest BCUT2D eigenvalue weighted by atomic mass is 15.5. The van der Waals surface area contributed by atoms with Crippen LogP contribution >= 0.6 is 0 Å². The molecule has 0 aliphatic heterocycles. The SMILES string of the molecule is CCn1nc(C)c(CN=C(N)N(C)C)n1. The number of aliphatic imine (C=N–C) groups is 1. The van der Waals surface area contributed by atoms with Crippen molar-refractivity contribution in [2.45, 2.75) is 26.9 Å². The van der Waals surface area contributed by atoms with E-state index in [1.54, 1.807) is 9.70 Å². The highest BCUT2D eigenvalue weighted by Crippen LogP contribution is 2.02. The molecule has 0 atom stereocenters. The smallest absolute Gasteiger partial charge is 0.191 e. The number of aryl methyl sites for hydroxylation is 2. The van der Waals surface area contributed by atoms with Crippen molar-refractivity contribution in [1.29, 1.82) is 0 Å². The number of nitrogens with zero attached hydrogens (tertiary/aromatic N) is 5. The second kappa shape index (κ2) is 4.77. The average molecular weight is 210 g/mol. The first-order chi connectivity index (χ1) is 7.04. The molecular formula is C9H18N6. The molecule has 0 bridgehead atoms. The number of hydrogen-bond donors (Lipinski definition) is 1. The van der Waals surface area contributed by atoms with Gasteiger partial charge in [-0.2, -0.15) is 15.0 Å². The minimum absolute atomic E-state index is 0.482. The summed E-state index contributed by atoms with van der Waals surface area (Å²) in [4.78, 5) is 7.63. The van der Waals surface area contributed by atoms with Gasteiger partial charge in [0.25, 0.3) is 0 Å². The number of aromatic nitrogens is 3. The lowest BCUT2D eigenvalue weighted by Crippen LogP contribution is -2.30. The van der Waals surface area contributed by atoms with Crippen LogP contribution in [0.15, 0.2) is 4.99 Å². The van der Waals surface area contributed by atoms with Crippen LogP contribution in [0.3, 0.4) is 0 Å². The molecule has 1 rings (SSSR count). The van der Waals surface area contributed by atoms with E-state index in [1.165, 1.54) is 0 Å². The summed E-state index contributed by atoms with van der Waals surface area (Å²) in [6, 6.07) is 0. The topological polar surface area (TPSA) is 72.3 Å². The maximum atomic E-state index is 5.67. The van der Waals surface area contributed by atoms with E-state index in [4.69, 9.17) is 5.73 Å². The third-order valence-electron chi connectivity index (χ3n) is 2.05. The molecular weight excluding hydrogens is 192 g/mol. The van der Waals surface area contributed by atoms with E-state index in [0.717, 1.165) is 17.9 Å². The molecule has 6 nitrogen and oxygen atoms in total. The average Bonchev–Trinajstić information content (AvgIpc) is 2.55. The van der Waals surface area contributed by atoms with Gasteiger partial charge < -0.3 is 10.6 Å². The van der Waals surface area contributed by atoms with Crippen molar-refractivity contribution in [3.8, 4) is 0 Å². The van der Waals surface area contributed by atoms with Gasteiger partial charge in [-0.3, -0.25) is 0 Å². The number of rotatable bonds is 3. The molecule has 0 aromatic carbocycles. The lowest BCUT2D eigenvalue weighted by Gasteiger charge is -2.09. The Morgan fingerprint density at radius 2 is 2.13 bits per heavy atom. The fourth-order valence-corrected chi connectivity index (χ4v) is 1.05. The van der Waals surface area contributed by atoms with Crippen molar-refractivity contribution in [2.24, 2.45) is 10.7 Å². The van der Waals surface area contributed by atoms with Crippen LogP contribution in [0.5, 0.6) is 0 Å². The van der Waals surface area contributed by atoms with Gasteiger partial charge in [0, 0.05) is 14.1 Å². The molecule has 2 N–H and O–H groups in total. The third-order valence-corrected chi connectivity index (χ3v) is 2.05. The summed E-state index contributed by atoms with van der Waals surface area (Å²) < 4.78 is 0. The van der Waals surface area contributed by atoms with Crippen LogP contribution in [0, 0.1) is 6.92 Å². The van der Waals surface area contributed by atoms with E-state index in [2.05, 4.69) is 15.2 Å². The summed E-state index contributed by atoms with van der Waals surface area (Å²) in [5.74, 6) is 0.500. The van der Waals surface area contributed by atoms with Gasteiger partial charge in [0.05, 0.1) is 18.8 Å². The van der Waals surface area contributed by atoms with E-state index in [-0.39, 0.29) is 0 Å². The first-order valence-corrected chi connectivity index (χ1v) is 4.92. The van der Waals surface area contributed by atoms with E-state index in [9.17, 15) is 0 Å². The molecule has 0 spiro atoms. The van der Waals surface area contributed by atoms with Crippen LogP contribution in [0.2, 0.25) is 0 Å².